The molecule has 4 rings (SSSR count). The molecule has 138 valence electrons. The molecule has 27 heavy (non-hydrogen) atoms. The number of hydrogen-bond acceptors (Lipinski definition) is 4. The maximum absolute atomic E-state index is 13.6. The van der Waals surface area contributed by atoms with Crippen molar-refractivity contribution in [2.75, 3.05) is 0 Å². The molecule has 0 spiro atoms. The monoisotopic (exact) mass is 372 g/mol. The predicted molar refractivity (Wildman–Crippen MR) is 92.7 cm³/mol. The third-order valence-electron chi connectivity index (χ3n) is 4.53. The Labute approximate surface area is 152 Å². The fourth-order valence-corrected chi connectivity index (χ4v) is 2.85. The van der Waals surface area contributed by atoms with Crippen LogP contribution in [0.3, 0.4) is 0 Å². The molecule has 4 aromatic rings. The Morgan fingerprint density at radius 3 is 2.59 bits per heavy atom. The van der Waals surface area contributed by atoms with Crippen molar-refractivity contribution >= 4 is 11.0 Å². The van der Waals surface area contributed by atoms with Crippen LogP contribution in [0.25, 0.3) is 22.2 Å². The van der Waals surface area contributed by atoms with Gasteiger partial charge in [0.1, 0.15) is 23.7 Å². The highest BCUT2D eigenvalue weighted by atomic mass is 19.3. The highest BCUT2D eigenvalue weighted by molar-refractivity contribution is 5.80. The van der Waals surface area contributed by atoms with Gasteiger partial charge in [0.25, 0.3) is 6.43 Å². The van der Waals surface area contributed by atoms with E-state index in [1.165, 1.54) is 6.07 Å². The standard InChI is InChI=1S/C18H15F3N6/c1-10-24-25-17(26(10)2)9-27-16-6-12(7-22-15(16)8-23-27)11-3-4-14(19)13(5-11)18(20)21/h3-8,18H,9H2,1-2H3. The normalized spacial score (nSPS) is 11.6. The second kappa shape index (κ2) is 6.49. The molecule has 0 aliphatic carbocycles. The third kappa shape index (κ3) is 3.05. The van der Waals surface area contributed by atoms with E-state index in [0.29, 0.717) is 23.2 Å². The highest BCUT2D eigenvalue weighted by Gasteiger charge is 2.16. The Morgan fingerprint density at radius 2 is 1.89 bits per heavy atom. The second-order valence-electron chi connectivity index (χ2n) is 6.19. The van der Waals surface area contributed by atoms with E-state index in [1.807, 2.05) is 18.5 Å². The summed E-state index contributed by atoms with van der Waals surface area (Å²) < 4.78 is 43.1. The number of hydrogen-bond donors (Lipinski definition) is 0. The van der Waals surface area contributed by atoms with Gasteiger partial charge in [-0.15, -0.1) is 10.2 Å². The van der Waals surface area contributed by atoms with Crippen LogP contribution in [0.2, 0.25) is 0 Å². The molecule has 0 saturated carbocycles. The molecule has 0 radical (unpaired) electrons. The molecular formula is C18H15F3N6. The van der Waals surface area contributed by atoms with Crippen molar-refractivity contribution in [3.8, 4) is 11.1 Å². The number of fused-ring (bicyclic) bond motifs is 1. The quantitative estimate of drug-likeness (QED) is 0.549. The van der Waals surface area contributed by atoms with Crippen LogP contribution < -0.4 is 0 Å². The van der Waals surface area contributed by atoms with Crippen molar-refractivity contribution in [3.63, 3.8) is 0 Å². The topological polar surface area (TPSA) is 61.4 Å². The number of benzene rings is 1. The maximum atomic E-state index is 13.6. The van der Waals surface area contributed by atoms with Crippen molar-refractivity contribution in [2.24, 2.45) is 7.05 Å². The van der Waals surface area contributed by atoms with Gasteiger partial charge < -0.3 is 4.57 Å². The average Bonchev–Trinajstić information content (AvgIpc) is 3.20. The van der Waals surface area contributed by atoms with Crippen LogP contribution in [-0.2, 0) is 13.6 Å². The average molecular weight is 372 g/mol. The van der Waals surface area contributed by atoms with E-state index in [0.717, 1.165) is 29.3 Å². The van der Waals surface area contributed by atoms with Crippen LogP contribution in [-0.4, -0.2) is 29.5 Å². The van der Waals surface area contributed by atoms with Gasteiger partial charge in [0.05, 0.1) is 17.3 Å². The highest BCUT2D eigenvalue weighted by Crippen LogP contribution is 2.29. The maximum Gasteiger partial charge on any atom is 0.266 e. The number of aryl methyl sites for hydroxylation is 1. The minimum atomic E-state index is -2.88. The predicted octanol–water partition coefficient (Wildman–Crippen LogP) is 3.66. The summed E-state index contributed by atoms with van der Waals surface area (Å²) in [6.07, 6.45) is 0.298. The van der Waals surface area contributed by atoms with Crippen molar-refractivity contribution < 1.29 is 13.2 Å². The van der Waals surface area contributed by atoms with Crippen LogP contribution in [0.1, 0.15) is 23.6 Å². The lowest BCUT2D eigenvalue weighted by Crippen LogP contribution is -2.08. The third-order valence-corrected chi connectivity index (χ3v) is 4.53. The molecule has 0 amide bonds. The first-order valence-corrected chi connectivity index (χ1v) is 8.18. The molecular weight excluding hydrogens is 357 g/mol. The van der Waals surface area contributed by atoms with Gasteiger partial charge in [-0.25, -0.2) is 13.2 Å². The van der Waals surface area contributed by atoms with Gasteiger partial charge in [-0.3, -0.25) is 9.67 Å². The second-order valence-corrected chi connectivity index (χ2v) is 6.19. The zero-order valence-electron chi connectivity index (χ0n) is 14.6. The summed E-state index contributed by atoms with van der Waals surface area (Å²) in [7, 11) is 1.87. The molecule has 0 bridgehead atoms. The van der Waals surface area contributed by atoms with E-state index >= 15 is 0 Å². The first-order chi connectivity index (χ1) is 12.9. The fourth-order valence-electron chi connectivity index (χ4n) is 2.85. The molecule has 1 aromatic carbocycles. The molecule has 0 fully saturated rings. The molecule has 0 saturated heterocycles. The molecule has 9 heteroatoms. The molecule has 0 N–H and O–H groups in total. The Kier molecular flexibility index (Phi) is 4.14. The number of nitrogens with zero attached hydrogens (tertiary/aromatic N) is 6. The van der Waals surface area contributed by atoms with Gasteiger partial charge in [0.15, 0.2) is 5.82 Å². The fraction of sp³-hybridized carbons (Fsp3) is 0.222. The van der Waals surface area contributed by atoms with Crippen LogP contribution >= 0.6 is 0 Å². The van der Waals surface area contributed by atoms with Crippen LogP contribution in [0, 0.1) is 12.7 Å². The first-order valence-electron chi connectivity index (χ1n) is 8.18. The van der Waals surface area contributed by atoms with Crippen molar-refractivity contribution in [3.05, 3.63) is 59.7 Å². The molecule has 6 nitrogen and oxygen atoms in total. The van der Waals surface area contributed by atoms with Crippen LogP contribution in [0.15, 0.2) is 36.7 Å². The van der Waals surface area contributed by atoms with Gasteiger partial charge in [-0.1, -0.05) is 6.07 Å². The van der Waals surface area contributed by atoms with E-state index in [4.69, 9.17) is 0 Å². The summed E-state index contributed by atoms with van der Waals surface area (Å²) in [5.74, 6) is 0.585. The molecule has 3 heterocycles. The molecule has 0 unspecified atom stereocenters. The van der Waals surface area contributed by atoms with Gasteiger partial charge >= 0.3 is 0 Å². The van der Waals surface area contributed by atoms with E-state index in [-0.39, 0.29) is 0 Å². The number of aromatic nitrogens is 6. The molecule has 0 aliphatic heterocycles. The van der Waals surface area contributed by atoms with Crippen LogP contribution in [0.4, 0.5) is 13.2 Å². The summed E-state index contributed by atoms with van der Waals surface area (Å²) in [6, 6.07) is 5.44. The van der Waals surface area contributed by atoms with E-state index in [1.54, 1.807) is 23.1 Å². The Balaban J connectivity index is 1.76. The van der Waals surface area contributed by atoms with Gasteiger partial charge in [-0.05, 0) is 30.7 Å². The summed E-state index contributed by atoms with van der Waals surface area (Å²) in [4.78, 5) is 4.34. The largest absolute Gasteiger partial charge is 0.317 e. The number of pyridine rings is 1. The lowest BCUT2D eigenvalue weighted by Gasteiger charge is -2.08. The molecule has 0 aliphatic rings. The van der Waals surface area contributed by atoms with E-state index < -0.39 is 17.8 Å². The number of halogens is 3. The Bertz CT molecular complexity index is 1130. The lowest BCUT2D eigenvalue weighted by molar-refractivity contribution is 0.146. The number of alkyl halides is 2. The lowest BCUT2D eigenvalue weighted by atomic mass is 10.0. The van der Waals surface area contributed by atoms with Gasteiger partial charge in [-0.2, -0.15) is 5.10 Å². The van der Waals surface area contributed by atoms with Crippen LogP contribution in [0.5, 0.6) is 0 Å². The Hall–Kier alpha value is -3.23. The van der Waals surface area contributed by atoms with Gasteiger partial charge in [0.2, 0.25) is 0 Å². The van der Waals surface area contributed by atoms with Crippen molar-refractivity contribution in [1.29, 1.82) is 0 Å². The summed E-state index contributed by atoms with van der Waals surface area (Å²) in [5.41, 5.74) is 1.81. The Morgan fingerprint density at radius 1 is 1.07 bits per heavy atom. The minimum Gasteiger partial charge on any atom is -0.317 e. The van der Waals surface area contributed by atoms with E-state index in [2.05, 4.69) is 20.3 Å². The summed E-state index contributed by atoms with van der Waals surface area (Å²) in [6.45, 7) is 2.24. The van der Waals surface area contributed by atoms with Crippen molar-refractivity contribution in [2.45, 2.75) is 19.9 Å². The van der Waals surface area contributed by atoms with E-state index in [9.17, 15) is 13.2 Å². The minimum absolute atomic E-state index is 0.387. The zero-order valence-corrected chi connectivity index (χ0v) is 14.6. The molecule has 3 aromatic heterocycles. The van der Waals surface area contributed by atoms with Crippen molar-refractivity contribution in [1.82, 2.24) is 29.5 Å². The number of rotatable bonds is 4. The SMILES string of the molecule is Cc1nnc(Cn2ncc3ncc(-c4ccc(F)c(C(F)F)c4)cc32)n1C. The van der Waals surface area contributed by atoms with Gasteiger partial charge in [0, 0.05) is 18.8 Å². The smallest absolute Gasteiger partial charge is 0.266 e. The summed E-state index contributed by atoms with van der Waals surface area (Å²) >= 11 is 0. The molecule has 0 atom stereocenters. The summed E-state index contributed by atoms with van der Waals surface area (Å²) in [5, 5.41) is 12.5. The zero-order chi connectivity index (χ0) is 19.1. The first kappa shape index (κ1) is 17.2.